The molecule has 1 N–H and O–H groups in total. The first-order chi connectivity index (χ1) is 14.9. The first kappa shape index (κ1) is 21.0. The SMILES string of the molecule is CC(=O)CCc1c(C2C(CCC(C)=O)c3ccccc3N2C(C)=O)[nH]c2ccccc12. The molecule has 2 atom stereocenters. The smallest absolute Gasteiger partial charge is 0.224 e. The highest BCUT2D eigenvalue weighted by Gasteiger charge is 2.43. The minimum atomic E-state index is -0.233. The third-order valence-electron chi connectivity index (χ3n) is 6.27. The van der Waals surface area contributed by atoms with Gasteiger partial charge < -0.3 is 19.5 Å². The second-order valence-electron chi connectivity index (χ2n) is 8.50. The Morgan fingerprint density at radius 3 is 2.29 bits per heavy atom. The molecular weight excluding hydrogens is 388 g/mol. The van der Waals surface area contributed by atoms with Crippen molar-refractivity contribution < 1.29 is 14.4 Å². The van der Waals surface area contributed by atoms with Gasteiger partial charge in [-0.2, -0.15) is 0 Å². The van der Waals surface area contributed by atoms with Gasteiger partial charge in [-0.05, 0) is 49.9 Å². The van der Waals surface area contributed by atoms with Crippen LogP contribution in [0, 0.1) is 0 Å². The number of rotatable bonds is 7. The Morgan fingerprint density at radius 2 is 1.58 bits per heavy atom. The number of H-pyrrole nitrogens is 1. The van der Waals surface area contributed by atoms with Gasteiger partial charge in [0.25, 0.3) is 0 Å². The molecule has 1 aromatic heterocycles. The highest BCUT2D eigenvalue weighted by molar-refractivity contribution is 5.96. The fourth-order valence-electron chi connectivity index (χ4n) is 4.93. The van der Waals surface area contributed by atoms with Crippen LogP contribution in [0.2, 0.25) is 0 Å². The quantitative estimate of drug-likeness (QED) is 0.572. The lowest BCUT2D eigenvalue weighted by Crippen LogP contribution is -2.32. The molecule has 5 heteroatoms. The summed E-state index contributed by atoms with van der Waals surface area (Å²) in [7, 11) is 0. The van der Waals surface area contributed by atoms with Crippen molar-refractivity contribution in [3.05, 3.63) is 65.4 Å². The second-order valence-corrected chi connectivity index (χ2v) is 8.50. The molecule has 31 heavy (non-hydrogen) atoms. The minimum Gasteiger partial charge on any atom is -0.356 e. The monoisotopic (exact) mass is 416 g/mol. The van der Waals surface area contributed by atoms with E-state index in [1.165, 1.54) is 0 Å². The summed E-state index contributed by atoms with van der Waals surface area (Å²) in [4.78, 5) is 41.9. The topological polar surface area (TPSA) is 70.2 Å². The molecule has 3 aromatic rings. The molecule has 0 spiro atoms. The first-order valence-electron chi connectivity index (χ1n) is 10.9. The maximum absolute atomic E-state index is 12.9. The maximum atomic E-state index is 12.9. The molecule has 2 heterocycles. The molecule has 1 aliphatic rings. The van der Waals surface area contributed by atoms with Crippen molar-refractivity contribution in [1.29, 1.82) is 0 Å². The highest BCUT2D eigenvalue weighted by Crippen LogP contribution is 2.52. The lowest BCUT2D eigenvalue weighted by atomic mass is 9.86. The number of carbonyl (C=O) groups excluding carboxylic acids is 3. The molecule has 0 aliphatic carbocycles. The molecule has 0 radical (unpaired) electrons. The number of aryl methyl sites for hydroxylation is 1. The number of aromatic nitrogens is 1. The number of amides is 1. The van der Waals surface area contributed by atoms with E-state index in [0.29, 0.717) is 25.7 Å². The Kier molecular flexibility index (Phi) is 5.77. The number of para-hydroxylation sites is 2. The fraction of sp³-hybridized carbons (Fsp3) is 0.346. The highest BCUT2D eigenvalue weighted by atomic mass is 16.2. The second kappa shape index (κ2) is 8.50. The lowest BCUT2D eigenvalue weighted by molar-refractivity contribution is -0.118. The van der Waals surface area contributed by atoms with Crippen molar-refractivity contribution in [2.24, 2.45) is 0 Å². The molecule has 160 valence electrons. The van der Waals surface area contributed by atoms with E-state index in [0.717, 1.165) is 33.4 Å². The van der Waals surface area contributed by atoms with Gasteiger partial charge in [0, 0.05) is 48.0 Å². The van der Waals surface area contributed by atoms with Gasteiger partial charge >= 0.3 is 0 Å². The number of carbonyl (C=O) groups is 3. The molecule has 0 fully saturated rings. The van der Waals surface area contributed by atoms with Crippen molar-refractivity contribution in [2.75, 3.05) is 4.90 Å². The lowest BCUT2D eigenvalue weighted by Gasteiger charge is -2.28. The fourth-order valence-corrected chi connectivity index (χ4v) is 4.93. The Bertz CT molecular complexity index is 1160. The van der Waals surface area contributed by atoms with Crippen LogP contribution >= 0.6 is 0 Å². The van der Waals surface area contributed by atoms with Crippen molar-refractivity contribution in [3.8, 4) is 0 Å². The molecule has 2 aromatic carbocycles. The van der Waals surface area contributed by atoms with Crippen LogP contribution in [0.4, 0.5) is 5.69 Å². The average Bonchev–Trinajstić information content (AvgIpc) is 3.25. The van der Waals surface area contributed by atoms with Crippen LogP contribution in [0.1, 0.15) is 68.8 Å². The summed E-state index contributed by atoms with van der Waals surface area (Å²) >= 11 is 0. The van der Waals surface area contributed by atoms with Gasteiger partial charge in [0.15, 0.2) is 0 Å². The molecule has 5 nitrogen and oxygen atoms in total. The molecule has 1 amide bonds. The number of aromatic amines is 1. The third kappa shape index (κ3) is 3.92. The van der Waals surface area contributed by atoms with E-state index in [4.69, 9.17) is 0 Å². The van der Waals surface area contributed by atoms with Gasteiger partial charge in [-0.3, -0.25) is 4.79 Å². The Morgan fingerprint density at radius 1 is 0.903 bits per heavy atom. The molecule has 4 rings (SSSR count). The number of hydrogen-bond donors (Lipinski definition) is 1. The largest absolute Gasteiger partial charge is 0.356 e. The van der Waals surface area contributed by atoms with Gasteiger partial charge in [0.05, 0.1) is 6.04 Å². The third-order valence-corrected chi connectivity index (χ3v) is 6.27. The molecular formula is C26H28N2O3. The summed E-state index contributed by atoms with van der Waals surface area (Å²) < 4.78 is 0. The van der Waals surface area contributed by atoms with E-state index in [1.807, 2.05) is 41.3 Å². The standard InChI is InChI=1S/C26H28N2O3/c1-16(29)12-14-21-19-8-4-6-10-23(19)27-25(21)26-22(15-13-17(2)30)20-9-5-7-11-24(20)28(26)18(3)31/h4-11,22,26-27H,12-15H2,1-3H3. The van der Waals surface area contributed by atoms with Gasteiger partial charge in [-0.1, -0.05) is 36.4 Å². The van der Waals surface area contributed by atoms with Crippen LogP contribution in [0.5, 0.6) is 0 Å². The Balaban J connectivity index is 1.90. The number of fused-ring (bicyclic) bond motifs is 2. The van der Waals surface area contributed by atoms with Crippen molar-refractivity contribution in [1.82, 2.24) is 4.98 Å². The summed E-state index contributed by atoms with van der Waals surface area (Å²) in [6.07, 6.45) is 2.20. The predicted octanol–water partition coefficient (Wildman–Crippen LogP) is 5.25. The summed E-state index contributed by atoms with van der Waals surface area (Å²) in [5.74, 6) is 0.264. The number of anilines is 1. The van der Waals surface area contributed by atoms with E-state index in [-0.39, 0.29) is 29.4 Å². The summed E-state index contributed by atoms with van der Waals surface area (Å²) in [5.41, 5.74) is 5.07. The van der Waals surface area contributed by atoms with E-state index in [2.05, 4.69) is 17.1 Å². The number of ketones is 2. The van der Waals surface area contributed by atoms with Gasteiger partial charge in [0.2, 0.25) is 5.91 Å². The maximum Gasteiger partial charge on any atom is 0.224 e. The van der Waals surface area contributed by atoms with Crippen LogP contribution in [-0.4, -0.2) is 22.5 Å². The van der Waals surface area contributed by atoms with Crippen molar-refractivity contribution in [3.63, 3.8) is 0 Å². The van der Waals surface area contributed by atoms with Crippen molar-refractivity contribution >= 4 is 34.1 Å². The summed E-state index contributed by atoms with van der Waals surface area (Å²) in [5, 5.41) is 1.09. The number of nitrogens with one attached hydrogen (secondary N) is 1. The predicted molar refractivity (Wildman–Crippen MR) is 122 cm³/mol. The van der Waals surface area contributed by atoms with Gasteiger partial charge in [0.1, 0.15) is 11.6 Å². The number of benzene rings is 2. The van der Waals surface area contributed by atoms with Crippen LogP contribution in [0.3, 0.4) is 0 Å². The van der Waals surface area contributed by atoms with E-state index in [9.17, 15) is 14.4 Å². The zero-order valence-corrected chi connectivity index (χ0v) is 18.3. The Labute approximate surface area is 182 Å². The molecule has 0 saturated carbocycles. The molecule has 0 bridgehead atoms. The zero-order chi connectivity index (χ0) is 22.1. The summed E-state index contributed by atoms with van der Waals surface area (Å²) in [6, 6.07) is 15.8. The zero-order valence-electron chi connectivity index (χ0n) is 18.3. The molecule has 1 aliphatic heterocycles. The number of Topliss-reactive ketones (excluding diaryl/α,β-unsaturated/α-hetero) is 2. The van der Waals surface area contributed by atoms with Crippen molar-refractivity contribution in [2.45, 2.75) is 58.4 Å². The average molecular weight is 417 g/mol. The van der Waals surface area contributed by atoms with Gasteiger partial charge in [-0.15, -0.1) is 0 Å². The summed E-state index contributed by atoms with van der Waals surface area (Å²) in [6.45, 7) is 4.81. The van der Waals surface area contributed by atoms with Gasteiger partial charge in [-0.25, -0.2) is 0 Å². The van der Waals surface area contributed by atoms with E-state index in [1.54, 1.807) is 20.8 Å². The molecule has 2 unspecified atom stereocenters. The van der Waals surface area contributed by atoms with Crippen LogP contribution in [0.25, 0.3) is 10.9 Å². The van der Waals surface area contributed by atoms with Crippen LogP contribution in [0.15, 0.2) is 48.5 Å². The normalized spacial score (nSPS) is 17.7. The number of hydrogen-bond acceptors (Lipinski definition) is 3. The number of nitrogens with zero attached hydrogens (tertiary/aromatic N) is 1. The van der Waals surface area contributed by atoms with E-state index < -0.39 is 0 Å². The Hall–Kier alpha value is -3.21. The first-order valence-corrected chi connectivity index (χ1v) is 10.9. The minimum absolute atomic E-state index is 0.00754. The van der Waals surface area contributed by atoms with Crippen LogP contribution < -0.4 is 4.90 Å². The van der Waals surface area contributed by atoms with E-state index >= 15 is 0 Å². The molecule has 0 saturated heterocycles. The van der Waals surface area contributed by atoms with Crippen LogP contribution in [-0.2, 0) is 20.8 Å².